The minimum Gasteiger partial charge on any atom is -0.481 e. The number of carbonyl (C=O) groups excluding carboxylic acids is 1. The number of hydrogen-bond acceptors (Lipinski definition) is 5. The van der Waals surface area contributed by atoms with Gasteiger partial charge < -0.3 is 14.9 Å². The molecule has 0 bridgehead atoms. The van der Waals surface area contributed by atoms with Crippen LogP contribution in [0.1, 0.15) is 26.7 Å². The molecule has 7 heteroatoms. The lowest BCUT2D eigenvalue weighted by Crippen LogP contribution is -2.45. The topological polar surface area (TPSA) is 73.7 Å². The van der Waals surface area contributed by atoms with E-state index in [0.717, 1.165) is 25.9 Å². The van der Waals surface area contributed by atoms with E-state index in [1.807, 2.05) is 10.3 Å². The highest BCUT2D eigenvalue weighted by atomic mass is 32.1. The molecule has 1 saturated heterocycles. The molecular weight excluding hydrogens is 302 g/mol. The first kappa shape index (κ1) is 16.7. The molecule has 1 aromatic rings. The van der Waals surface area contributed by atoms with Gasteiger partial charge in [-0.25, -0.2) is 4.98 Å². The highest BCUT2D eigenvalue weighted by Crippen LogP contribution is 2.20. The molecule has 1 N–H and O–H groups in total. The van der Waals surface area contributed by atoms with Crippen molar-refractivity contribution < 1.29 is 14.7 Å². The minimum absolute atomic E-state index is 0.0553. The van der Waals surface area contributed by atoms with Crippen LogP contribution in [-0.4, -0.2) is 53.0 Å². The van der Waals surface area contributed by atoms with Crippen molar-refractivity contribution in [3.63, 3.8) is 0 Å². The summed E-state index contributed by atoms with van der Waals surface area (Å²) in [6.45, 7) is 5.92. The summed E-state index contributed by atoms with van der Waals surface area (Å²) in [5.74, 6) is -0.676. The van der Waals surface area contributed by atoms with Gasteiger partial charge in [0.05, 0.1) is 12.5 Å². The molecule has 2 heterocycles. The number of rotatable bonds is 6. The fourth-order valence-corrected chi connectivity index (χ4v) is 3.17. The molecule has 0 aliphatic carbocycles. The Hall–Kier alpha value is -1.63. The molecule has 1 unspecified atom stereocenters. The van der Waals surface area contributed by atoms with Gasteiger partial charge in [-0.05, 0) is 18.8 Å². The lowest BCUT2D eigenvalue weighted by molar-refractivity contribution is -0.141. The zero-order chi connectivity index (χ0) is 16.1. The lowest BCUT2D eigenvalue weighted by atomic mass is 9.99. The SMILES string of the molecule is CC1CCN(C(=O)CN(CC(C)C(=O)O)c2nccs2)CC1. The van der Waals surface area contributed by atoms with Crippen molar-refractivity contribution in [3.8, 4) is 0 Å². The number of aromatic nitrogens is 1. The molecule has 0 spiro atoms. The maximum absolute atomic E-state index is 12.5. The third kappa shape index (κ3) is 4.43. The molecule has 1 aliphatic rings. The smallest absolute Gasteiger partial charge is 0.308 e. The number of carboxylic acids is 1. The normalized spacial score (nSPS) is 17.3. The number of piperidine rings is 1. The van der Waals surface area contributed by atoms with Gasteiger partial charge in [0.15, 0.2) is 5.13 Å². The molecule has 0 radical (unpaired) electrons. The van der Waals surface area contributed by atoms with E-state index in [0.29, 0.717) is 17.6 Å². The van der Waals surface area contributed by atoms with Gasteiger partial charge in [0.1, 0.15) is 0 Å². The third-order valence-corrected chi connectivity index (χ3v) is 4.90. The van der Waals surface area contributed by atoms with Gasteiger partial charge >= 0.3 is 5.97 Å². The number of amides is 1. The molecule has 122 valence electrons. The average Bonchev–Trinajstić information content (AvgIpc) is 3.01. The van der Waals surface area contributed by atoms with Crippen LogP contribution in [0.25, 0.3) is 0 Å². The largest absolute Gasteiger partial charge is 0.481 e. The number of anilines is 1. The highest BCUT2D eigenvalue weighted by molar-refractivity contribution is 7.13. The number of carbonyl (C=O) groups is 2. The Labute approximate surface area is 134 Å². The Morgan fingerprint density at radius 1 is 1.50 bits per heavy atom. The first-order valence-electron chi connectivity index (χ1n) is 7.62. The first-order chi connectivity index (χ1) is 10.5. The van der Waals surface area contributed by atoms with Crippen LogP contribution in [-0.2, 0) is 9.59 Å². The van der Waals surface area contributed by atoms with E-state index in [2.05, 4.69) is 11.9 Å². The Kier molecular flexibility index (Phi) is 5.76. The molecule has 1 aliphatic heterocycles. The second kappa shape index (κ2) is 7.58. The summed E-state index contributed by atoms with van der Waals surface area (Å²) in [5.41, 5.74) is 0. The molecule has 0 aromatic carbocycles. The van der Waals surface area contributed by atoms with Gasteiger partial charge in [-0.15, -0.1) is 11.3 Å². The second-order valence-corrected chi connectivity index (χ2v) is 6.87. The van der Waals surface area contributed by atoms with Gasteiger partial charge in [0, 0.05) is 31.2 Å². The zero-order valence-corrected chi connectivity index (χ0v) is 13.9. The predicted molar refractivity (Wildman–Crippen MR) is 86.1 cm³/mol. The quantitative estimate of drug-likeness (QED) is 0.865. The van der Waals surface area contributed by atoms with Crippen molar-refractivity contribution in [1.82, 2.24) is 9.88 Å². The number of likely N-dealkylation sites (tertiary alicyclic amines) is 1. The molecule has 1 fully saturated rings. The van der Waals surface area contributed by atoms with Gasteiger partial charge in [-0.3, -0.25) is 9.59 Å². The summed E-state index contributed by atoms with van der Waals surface area (Å²) in [6.07, 6.45) is 3.74. The van der Waals surface area contributed by atoms with Crippen LogP contribution in [0.3, 0.4) is 0 Å². The van der Waals surface area contributed by atoms with Crippen LogP contribution in [0.5, 0.6) is 0 Å². The monoisotopic (exact) mass is 325 g/mol. The van der Waals surface area contributed by atoms with Crippen LogP contribution in [0.2, 0.25) is 0 Å². The van der Waals surface area contributed by atoms with E-state index in [1.54, 1.807) is 18.0 Å². The molecular formula is C15H23N3O3S. The zero-order valence-electron chi connectivity index (χ0n) is 13.1. The van der Waals surface area contributed by atoms with Crippen molar-refractivity contribution in [2.24, 2.45) is 11.8 Å². The van der Waals surface area contributed by atoms with Gasteiger partial charge in [-0.1, -0.05) is 13.8 Å². The molecule has 1 amide bonds. The maximum atomic E-state index is 12.5. The number of nitrogens with zero attached hydrogens (tertiary/aromatic N) is 3. The Balaban J connectivity index is 2.00. The predicted octanol–water partition coefficient (Wildman–Crippen LogP) is 1.93. The summed E-state index contributed by atoms with van der Waals surface area (Å²) >= 11 is 1.42. The van der Waals surface area contributed by atoms with Crippen molar-refractivity contribution >= 4 is 28.3 Å². The van der Waals surface area contributed by atoms with Crippen molar-refractivity contribution in [1.29, 1.82) is 0 Å². The molecule has 0 saturated carbocycles. The summed E-state index contributed by atoms with van der Waals surface area (Å²) < 4.78 is 0. The summed E-state index contributed by atoms with van der Waals surface area (Å²) in [7, 11) is 0. The van der Waals surface area contributed by atoms with Crippen molar-refractivity contribution in [2.45, 2.75) is 26.7 Å². The van der Waals surface area contributed by atoms with Crippen LogP contribution < -0.4 is 4.90 Å². The Morgan fingerprint density at radius 3 is 2.73 bits per heavy atom. The van der Waals surface area contributed by atoms with Gasteiger partial charge in [0.25, 0.3) is 0 Å². The van der Waals surface area contributed by atoms with Crippen LogP contribution in [0.15, 0.2) is 11.6 Å². The van der Waals surface area contributed by atoms with E-state index in [4.69, 9.17) is 5.11 Å². The van der Waals surface area contributed by atoms with Crippen LogP contribution in [0, 0.1) is 11.8 Å². The van der Waals surface area contributed by atoms with Crippen molar-refractivity contribution in [3.05, 3.63) is 11.6 Å². The summed E-state index contributed by atoms with van der Waals surface area (Å²) in [4.78, 5) is 31.4. The number of aliphatic carboxylic acids is 1. The fraction of sp³-hybridized carbons (Fsp3) is 0.667. The minimum atomic E-state index is -0.860. The van der Waals surface area contributed by atoms with E-state index >= 15 is 0 Å². The molecule has 2 rings (SSSR count). The summed E-state index contributed by atoms with van der Waals surface area (Å²) in [5, 5.41) is 11.6. The Morgan fingerprint density at radius 2 is 2.18 bits per heavy atom. The van der Waals surface area contributed by atoms with Crippen LogP contribution in [0.4, 0.5) is 5.13 Å². The highest BCUT2D eigenvalue weighted by Gasteiger charge is 2.25. The number of carboxylic acid groups (broad SMARTS) is 1. The van der Waals surface area contributed by atoms with E-state index in [1.165, 1.54) is 11.3 Å². The van der Waals surface area contributed by atoms with E-state index < -0.39 is 11.9 Å². The molecule has 1 atom stereocenters. The fourth-order valence-electron chi connectivity index (χ4n) is 2.51. The first-order valence-corrected chi connectivity index (χ1v) is 8.50. The summed E-state index contributed by atoms with van der Waals surface area (Å²) in [6, 6.07) is 0. The molecule has 1 aromatic heterocycles. The average molecular weight is 325 g/mol. The van der Waals surface area contributed by atoms with E-state index in [-0.39, 0.29) is 12.5 Å². The number of hydrogen-bond donors (Lipinski definition) is 1. The van der Waals surface area contributed by atoms with Crippen molar-refractivity contribution in [2.75, 3.05) is 31.1 Å². The number of thiazole rings is 1. The second-order valence-electron chi connectivity index (χ2n) is 6.00. The maximum Gasteiger partial charge on any atom is 0.308 e. The Bertz CT molecular complexity index is 498. The third-order valence-electron chi connectivity index (χ3n) is 4.07. The lowest BCUT2D eigenvalue weighted by Gasteiger charge is -2.32. The van der Waals surface area contributed by atoms with Crippen LogP contribution >= 0.6 is 11.3 Å². The van der Waals surface area contributed by atoms with E-state index in [9.17, 15) is 9.59 Å². The standard InChI is InChI=1S/C15H23N3O3S/c1-11-3-6-17(7-4-11)13(19)10-18(9-12(2)14(20)21)15-16-5-8-22-15/h5,8,11-12H,3-4,6-7,9-10H2,1-2H3,(H,20,21). The van der Waals surface area contributed by atoms with Gasteiger partial charge in [0.2, 0.25) is 5.91 Å². The van der Waals surface area contributed by atoms with Gasteiger partial charge in [-0.2, -0.15) is 0 Å². The molecule has 6 nitrogen and oxygen atoms in total. The molecule has 22 heavy (non-hydrogen) atoms.